The van der Waals surface area contributed by atoms with E-state index in [1.54, 1.807) is 48.5 Å². The highest BCUT2D eigenvalue weighted by Crippen LogP contribution is 2.28. The normalized spacial score (nSPS) is 10.6. The van der Waals surface area contributed by atoms with Crippen molar-refractivity contribution >= 4 is 22.8 Å². The van der Waals surface area contributed by atoms with E-state index >= 15 is 0 Å². The predicted molar refractivity (Wildman–Crippen MR) is 108 cm³/mol. The molecule has 4 aromatic rings. The third-order valence-corrected chi connectivity index (χ3v) is 4.08. The summed E-state index contributed by atoms with van der Waals surface area (Å²) in [6, 6.07) is 14.5. The standard InChI is InChI=1S/C21H15FN4O4/c22-12-29-15-5-1-3-13(9-15)21(28)25-14-4-2-6-16(10-14)30-17-7-8-23-20-19(17)26-18(27)11-24-20/h1-11H,12H2,(H,25,28)(H,26,27). The zero-order valence-electron chi connectivity index (χ0n) is 15.5. The van der Waals surface area contributed by atoms with Crippen LogP contribution in [0.1, 0.15) is 10.4 Å². The van der Waals surface area contributed by atoms with Crippen LogP contribution in [0.5, 0.6) is 17.2 Å². The molecule has 0 aliphatic heterocycles. The maximum absolute atomic E-state index is 12.5. The van der Waals surface area contributed by atoms with Crippen molar-refractivity contribution in [1.29, 1.82) is 0 Å². The van der Waals surface area contributed by atoms with E-state index in [1.165, 1.54) is 12.3 Å². The third-order valence-electron chi connectivity index (χ3n) is 4.08. The number of aromatic amines is 1. The number of H-pyrrole nitrogens is 1. The average Bonchev–Trinajstić information content (AvgIpc) is 2.75. The van der Waals surface area contributed by atoms with E-state index in [1.807, 2.05) is 0 Å². The Bertz CT molecular complexity index is 1280. The number of hydrogen-bond acceptors (Lipinski definition) is 6. The first kappa shape index (κ1) is 19.1. The van der Waals surface area contributed by atoms with Crippen LogP contribution in [0.4, 0.5) is 10.1 Å². The first-order valence-corrected chi connectivity index (χ1v) is 8.84. The summed E-state index contributed by atoms with van der Waals surface area (Å²) in [6.45, 7) is -0.977. The molecule has 0 radical (unpaired) electrons. The zero-order valence-corrected chi connectivity index (χ0v) is 15.5. The van der Waals surface area contributed by atoms with E-state index in [9.17, 15) is 14.0 Å². The van der Waals surface area contributed by atoms with Crippen LogP contribution >= 0.6 is 0 Å². The van der Waals surface area contributed by atoms with Crippen LogP contribution in [0.15, 0.2) is 71.8 Å². The minimum atomic E-state index is -0.977. The van der Waals surface area contributed by atoms with E-state index in [0.717, 1.165) is 6.20 Å². The number of carbonyl (C=O) groups excluding carboxylic acids is 1. The summed E-state index contributed by atoms with van der Waals surface area (Å²) in [7, 11) is 0. The number of amides is 1. The Kier molecular flexibility index (Phi) is 5.33. The molecule has 1 amide bonds. The van der Waals surface area contributed by atoms with Crippen molar-refractivity contribution in [2.45, 2.75) is 0 Å². The molecular weight excluding hydrogens is 391 g/mol. The third kappa shape index (κ3) is 4.25. The van der Waals surface area contributed by atoms with Crippen LogP contribution in [-0.4, -0.2) is 27.7 Å². The number of nitrogens with zero attached hydrogens (tertiary/aromatic N) is 2. The lowest BCUT2D eigenvalue weighted by molar-refractivity contribution is 0.102. The van der Waals surface area contributed by atoms with Gasteiger partial charge in [-0.3, -0.25) is 9.59 Å². The van der Waals surface area contributed by atoms with Crippen molar-refractivity contribution in [3.8, 4) is 17.2 Å². The monoisotopic (exact) mass is 406 g/mol. The Labute approximate surface area is 169 Å². The van der Waals surface area contributed by atoms with Crippen molar-refractivity contribution in [3.05, 3.63) is 82.9 Å². The van der Waals surface area contributed by atoms with Gasteiger partial charge in [0.2, 0.25) is 6.86 Å². The first-order chi connectivity index (χ1) is 14.6. The Morgan fingerprint density at radius 1 is 1.07 bits per heavy atom. The molecule has 9 heteroatoms. The molecule has 2 aromatic heterocycles. The van der Waals surface area contributed by atoms with Crippen molar-refractivity contribution in [1.82, 2.24) is 15.0 Å². The number of rotatable bonds is 6. The number of nitrogens with one attached hydrogen (secondary N) is 2. The summed E-state index contributed by atoms with van der Waals surface area (Å²) in [5.41, 5.74) is 1.13. The highest BCUT2D eigenvalue weighted by Gasteiger charge is 2.10. The van der Waals surface area contributed by atoms with E-state index in [0.29, 0.717) is 33.9 Å². The van der Waals surface area contributed by atoms with E-state index < -0.39 is 6.86 Å². The maximum atomic E-state index is 12.5. The molecule has 150 valence electrons. The lowest BCUT2D eigenvalue weighted by Crippen LogP contribution is -2.12. The maximum Gasteiger partial charge on any atom is 0.267 e. The van der Waals surface area contributed by atoms with Gasteiger partial charge in [0.1, 0.15) is 17.0 Å². The molecule has 0 unspecified atom stereocenters. The number of aromatic nitrogens is 3. The SMILES string of the molecule is O=C(Nc1cccc(Oc2ccnc3ncc(=O)[nH]c23)c1)c1cccc(OCF)c1. The van der Waals surface area contributed by atoms with Gasteiger partial charge < -0.3 is 19.8 Å². The largest absolute Gasteiger partial charge is 0.463 e. The van der Waals surface area contributed by atoms with Crippen LogP contribution in [0.3, 0.4) is 0 Å². The van der Waals surface area contributed by atoms with Gasteiger partial charge in [-0.2, -0.15) is 0 Å². The van der Waals surface area contributed by atoms with Gasteiger partial charge in [0.05, 0.1) is 6.20 Å². The predicted octanol–water partition coefficient (Wildman–Crippen LogP) is 3.67. The van der Waals surface area contributed by atoms with Gasteiger partial charge in [0.25, 0.3) is 11.5 Å². The minimum absolute atomic E-state index is 0.259. The smallest absolute Gasteiger partial charge is 0.267 e. The minimum Gasteiger partial charge on any atom is -0.463 e. The molecule has 4 rings (SSSR count). The molecule has 0 saturated heterocycles. The molecule has 0 bridgehead atoms. The van der Waals surface area contributed by atoms with Gasteiger partial charge in [-0.25, -0.2) is 14.4 Å². The Hall–Kier alpha value is -4.27. The van der Waals surface area contributed by atoms with E-state index in [-0.39, 0.29) is 17.2 Å². The van der Waals surface area contributed by atoms with Gasteiger partial charge in [-0.15, -0.1) is 0 Å². The van der Waals surface area contributed by atoms with Crippen molar-refractivity contribution in [2.75, 3.05) is 12.2 Å². The molecule has 0 fully saturated rings. The molecule has 2 N–H and O–H groups in total. The summed E-state index contributed by atoms with van der Waals surface area (Å²) in [5.74, 6) is 0.665. The number of anilines is 1. The van der Waals surface area contributed by atoms with Crippen LogP contribution in [0, 0.1) is 0 Å². The lowest BCUT2D eigenvalue weighted by atomic mass is 10.2. The second-order valence-electron chi connectivity index (χ2n) is 6.12. The van der Waals surface area contributed by atoms with E-state index in [4.69, 9.17) is 9.47 Å². The van der Waals surface area contributed by atoms with Gasteiger partial charge in [-0.05, 0) is 30.3 Å². The van der Waals surface area contributed by atoms with Gasteiger partial charge in [0, 0.05) is 29.6 Å². The molecule has 30 heavy (non-hydrogen) atoms. The molecule has 0 atom stereocenters. The summed E-state index contributed by atoms with van der Waals surface area (Å²) >= 11 is 0. The number of fused-ring (bicyclic) bond motifs is 1. The Morgan fingerprint density at radius 2 is 1.90 bits per heavy atom. The number of halogens is 1. The van der Waals surface area contributed by atoms with Crippen LogP contribution in [0.25, 0.3) is 11.2 Å². The molecule has 2 heterocycles. The topological polar surface area (TPSA) is 106 Å². The Morgan fingerprint density at radius 3 is 2.77 bits per heavy atom. The molecular formula is C21H15FN4O4. The number of benzene rings is 2. The number of hydrogen-bond donors (Lipinski definition) is 2. The van der Waals surface area contributed by atoms with Crippen LogP contribution in [-0.2, 0) is 0 Å². The number of alkyl halides is 1. The summed E-state index contributed by atoms with van der Waals surface area (Å²) in [6.07, 6.45) is 2.66. The zero-order chi connectivity index (χ0) is 20.9. The van der Waals surface area contributed by atoms with Gasteiger partial charge in [0.15, 0.2) is 11.4 Å². The summed E-state index contributed by atoms with van der Waals surface area (Å²) in [5, 5.41) is 2.75. The number of pyridine rings is 1. The van der Waals surface area contributed by atoms with Gasteiger partial charge >= 0.3 is 0 Å². The molecule has 0 spiro atoms. The van der Waals surface area contributed by atoms with Gasteiger partial charge in [-0.1, -0.05) is 12.1 Å². The highest BCUT2D eigenvalue weighted by molar-refractivity contribution is 6.04. The van der Waals surface area contributed by atoms with Crippen molar-refractivity contribution in [2.24, 2.45) is 0 Å². The van der Waals surface area contributed by atoms with Crippen molar-refractivity contribution in [3.63, 3.8) is 0 Å². The summed E-state index contributed by atoms with van der Waals surface area (Å²) < 4.78 is 23.0. The fourth-order valence-corrected chi connectivity index (χ4v) is 2.77. The second kappa shape index (κ2) is 8.39. The number of carbonyl (C=O) groups is 1. The fraction of sp³-hybridized carbons (Fsp3) is 0.0476. The lowest BCUT2D eigenvalue weighted by Gasteiger charge is -2.10. The average molecular weight is 406 g/mol. The Balaban J connectivity index is 1.55. The second-order valence-corrected chi connectivity index (χ2v) is 6.12. The molecule has 0 aliphatic carbocycles. The van der Waals surface area contributed by atoms with Crippen molar-refractivity contribution < 1.29 is 18.7 Å². The quantitative estimate of drug-likeness (QED) is 0.506. The highest BCUT2D eigenvalue weighted by atomic mass is 19.1. The van der Waals surface area contributed by atoms with E-state index in [2.05, 4.69) is 20.3 Å². The van der Waals surface area contributed by atoms with Crippen LogP contribution < -0.4 is 20.3 Å². The number of ether oxygens (including phenoxy) is 2. The van der Waals surface area contributed by atoms with Crippen LogP contribution in [0.2, 0.25) is 0 Å². The molecule has 0 aliphatic rings. The molecule has 0 saturated carbocycles. The summed E-state index contributed by atoms with van der Waals surface area (Å²) in [4.78, 5) is 34.8. The first-order valence-electron chi connectivity index (χ1n) is 8.84. The fourth-order valence-electron chi connectivity index (χ4n) is 2.77. The molecule has 8 nitrogen and oxygen atoms in total. The molecule has 2 aromatic carbocycles.